The summed E-state index contributed by atoms with van der Waals surface area (Å²) in [6.07, 6.45) is 2.40. The third-order valence-corrected chi connectivity index (χ3v) is 2.49. The van der Waals surface area contributed by atoms with Crippen LogP contribution in [-0.4, -0.2) is 23.7 Å². The number of aliphatic hydroxyl groups is 1. The Kier molecular flexibility index (Phi) is 5.43. The molecular formula is C14H19NO2. The van der Waals surface area contributed by atoms with E-state index in [4.69, 9.17) is 5.11 Å². The molecule has 3 heteroatoms. The number of carbonyl (C=O) groups is 1. The van der Waals surface area contributed by atoms with E-state index in [0.29, 0.717) is 0 Å². The SMILES string of the molecule is CC/C(=C\C(=O)N[C@@H](C)CO)c1ccccc1. The van der Waals surface area contributed by atoms with Crippen LogP contribution in [0.4, 0.5) is 0 Å². The van der Waals surface area contributed by atoms with Gasteiger partial charge in [-0.3, -0.25) is 4.79 Å². The average Bonchev–Trinajstić information content (AvgIpc) is 2.36. The van der Waals surface area contributed by atoms with Crippen LogP contribution < -0.4 is 5.32 Å². The van der Waals surface area contributed by atoms with E-state index in [1.807, 2.05) is 37.3 Å². The number of allylic oxidation sites excluding steroid dienone is 1. The first-order chi connectivity index (χ1) is 8.17. The highest BCUT2D eigenvalue weighted by atomic mass is 16.3. The molecule has 0 aliphatic rings. The fourth-order valence-corrected chi connectivity index (χ4v) is 1.53. The van der Waals surface area contributed by atoms with Crippen molar-refractivity contribution < 1.29 is 9.90 Å². The number of nitrogens with one attached hydrogen (secondary N) is 1. The smallest absolute Gasteiger partial charge is 0.244 e. The van der Waals surface area contributed by atoms with Gasteiger partial charge in [0.1, 0.15) is 0 Å². The predicted octanol–water partition coefficient (Wildman–Crippen LogP) is 1.98. The van der Waals surface area contributed by atoms with Crippen LogP contribution in [0.5, 0.6) is 0 Å². The maximum atomic E-state index is 11.7. The minimum atomic E-state index is -0.215. The van der Waals surface area contributed by atoms with E-state index in [0.717, 1.165) is 17.6 Å². The van der Waals surface area contributed by atoms with Crippen molar-refractivity contribution in [3.8, 4) is 0 Å². The number of amides is 1. The topological polar surface area (TPSA) is 49.3 Å². The Morgan fingerprint density at radius 1 is 1.41 bits per heavy atom. The Balaban J connectivity index is 2.77. The van der Waals surface area contributed by atoms with E-state index in [-0.39, 0.29) is 18.6 Å². The summed E-state index contributed by atoms with van der Waals surface area (Å²) in [5.74, 6) is -0.160. The number of hydrogen-bond donors (Lipinski definition) is 2. The number of aliphatic hydroxyl groups excluding tert-OH is 1. The number of carbonyl (C=O) groups excluding carboxylic acids is 1. The monoisotopic (exact) mass is 233 g/mol. The van der Waals surface area contributed by atoms with Crippen LogP contribution in [0.25, 0.3) is 5.57 Å². The third-order valence-electron chi connectivity index (χ3n) is 2.49. The zero-order chi connectivity index (χ0) is 12.7. The van der Waals surface area contributed by atoms with Crippen molar-refractivity contribution in [2.75, 3.05) is 6.61 Å². The van der Waals surface area contributed by atoms with Gasteiger partial charge in [-0.25, -0.2) is 0 Å². The van der Waals surface area contributed by atoms with Gasteiger partial charge in [0.2, 0.25) is 5.91 Å². The van der Waals surface area contributed by atoms with Gasteiger partial charge in [0.05, 0.1) is 6.61 Å². The standard InChI is InChI=1S/C14H19NO2/c1-3-12(13-7-5-4-6-8-13)9-14(17)15-11(2)10-16/h4-9,11,16H,3,10H2,1-2H3,(H,15,17)/b12-9+/t11-/m0/s1. The van der Waals surface area contributed by atoms with Crippen molar-refractivity contribution in [3.05, 3.63) is 42.0 Å². The molecule has 1 rings (SSSR count). The zero-order valence-electron chi connectivity index (χ0n) is 10.3. The molecule has 17 heavy (non-hydrogen) atoms. The van der Waals surface area contributed by atoms with Crippen molar-refractivity contribution >= 4 is 11.5 Å². The molecule has 0 spiro atoms. The molecule has 1 atom stereocenters. The van der Waals surface area contributed by atoms with Crippen molar-refractivity contribution in [2.45, 2.75) is 26.3 Å². The minimum absolute atomic E-state index is 0.0492. The summed E-state index contributed by atoms with van der Waals surface area (Å²) in [4.78, 5) is 11.7. The second-order valence-electron chi connectivity index (χ2n) is 3.98. The van der Waals surface area contributed by atoms with Crippen molar-refractivity contribution in [3.63, 3.8) is 0 Å². The normalized spacial score (nSPS) is 13.2. The largest absolute Gasteiger partial charge is 0.394 e. The van der Waals surface area contributed by atoms with Crippen LogP contribution in [0.1, 0.15) is 25.8 Å². The highest BCUT2D eigenvalue weighted by Crippen LogP contribution is 2.16. The lowest BCUT2D eigenvalue weighted by atomic mass is 10.0. The van der Waals surface area contributed by atoms with Crippen molar-refractivity contribution in [1.82, 2.24) is 5.32 Å². The molecule has 0 radical (unpaired) electrons. The summed E-state index contributed by atoms with van der Waals surface area (Å²) in [5, 5.41) is 11.6. The molecular weight excluding hydrogens is 214 g/mol. The fourth-order valence-electron chi connectivity index (χ4n) is 1.53. The Bertz CT molecular complexity index is 384. The van der Waals surface area contributed by atoms with Gasteiger partial charge >= 0.3 is 0 Å². The molecule has 1 aromatic rings. The van der Waals surface area contributed by atoms with E-state index < -0.39 is 0 Å². The van der Waals surface area contributed by atoms with Gasteiger partial charge in [0.25, 0.3) is 0 Å². The molecule has 0 heterocycles. The second-order valence-corrected chi connectivity index (χ2v) is 3.98. The van der Waals surface area contributed by atoms with Gasteiger partial charge in [0, 0.05) is 12.1 Å². The molecule has 92 valence electrons. The van der Waals surface area contributed by atoms with Gasteiger partial charge in [-0.1, -0.05) is 37.3 Å². The van der Waals surface area contributed by atoms with Gasteiger partial charge in [0.15, 0.2) is 0 Å². The molecule has 1 aromatic carbocycles. The van der Waals surface area contributed by atoms with Crippen LogP contribution in [0.15, 0.2) is 36.4 Å². The summed E-state index contributed by atoms with van der Waals surface area (Å²) >= 11 is 0. The zero-order valence-corrected chi connectivity index (χ0v) is 10.3. The van der Waals surface area contributed by atoms with Crippen molar-refractivity contribution in [2.24, 2.45) is 0 Å². The maximum absolute atomic E-state index is 11.7. The maximum Gasteiger partial charge on any atom is 0.244 e. The molecule has 0 saturated carbocycles. The lowest BCUT2D eigenvalue weighted by molar-refractivity contribution is -0.117. The fraction of sp³-hybridized carbons (Fsp3) is 0.357. The van der Waals surface area contributed by atoms with Gasteiger partial charge in [-0.15, -0.1) is 0 Å². The van der Waals surface area contributed by atoms with Crippen molar-refractivity contribution in [1.29, 1.82) is 0 Å². The molecule has 0 aliphatic heterocycles. The summed E-state index contributed by atoms with van der Waals surface area (Å²) in [6.45, 7) is 3.73. The molecule has 2 N–H and O–H groups in total. The molecule has 1 amide bonds. The predicted molar refractivity (Wildman–Crippen MR) is 69.4 cm³/mol. The minimum Gasteiger partial charge on any atom is -0.394 e. The van der Waals surface area contributed by atoms with Crippen LogP contribution in [0.2, 0.25) is 0 Å². The van der Waals surface area contributed by atoms with Gasteiger partial charge in [-0.2, -0.15) is 0 Å². The molecule has 0 unspecified atom stereocenters. The Hall–Kier alpha value is -1.61. The van der Waals surface area contributed by atoms with Crippen LogP contribution in [0, 0.1) is 0 Å². The van der Waals surface area contributed by atoms with E-state index in [1.54, 1.807) is 13.0 Å². The lowest BCUT2D eigenvalue weighted by Gasteiger charge is -2.10. The third kappa shape index (κ3) is 4.41. The molecule has 0 bridgehead atoms. The summed E-state index contributed by atoms with van der Waals surface area (Å²) < 4.78 is 0. The molecule has 0 aliphatic carbocycles. The van der Waals surface area contributed by atoms with E-state index >= 15 is 0 Å². The second kappa shape index (κ2) is 6.86. The van der Waals surface area contributed by atoms with Crippen LogP contribution >= 0.6 is 0 Å². The van der Waals surface area contributed by atoms with E-state index in [9.17, 15) is 4.79 Å². The first-order valence-electron chi connectivity index (χ1n) is 5.84. The Morgan fingerprint density at radius 2 is 2.06 bits per heavy atom. The van der Waals surface area contributed by atoms with Crippen LogP contribution in [-0.2, 0) is 4.79 Å². The first-order valence-corrected chi connectivity index (χ1v) is 5.84. The number of hydrogen-bond acceptors (Lipinski definition) is 2. The highest BCUT2D eigenvalue weighted by Gasteiger charge is 2.05. The lowest BCUT2D eigenvalue weighted by Crippen LogP contribution is -2.33. The van der Waals surface area contributed by atoms with Crippen LogP contribution in [0.3, 0.4) is 0 Å². The molecule has 0 fully saturated rings. The Morgan fingerprint density at radius 3 is 2.59 bits per heavy atom. The first kappa shape index (κ1) is 13.5. The Labute approximate surface area is 102 Å². The quantitative estimate of drug-likeness (QED) is 0.764. The summed E-state index contributed by atoms with van der Waals surface area (Å²) in [7, 11) is 0. The number of benzene rings is 1. The molecule has 0 saturated heterocycles. The average molecular weight is 233 g/mol. The summed E-state index contributed by atoms with van der Waals surface area (Å²) in [5.41, 5.74) is 2.05. The molecule has 3 nitrogen and oxygen atoms in total. The van der Waals surface area contributed by atoms with Gasteiger partial charge < -0.3 is 10.4 Å². The van der Waals surface area contributed by atoms with E-state index in [1.165, 1.54) is 0 Å². The summed E-state index contributed by atoms with van der Waals surface area (Å²) in [6, 6.07) is 9.61. The highest BCUT2D eigenvalue weighted by molar-refractivity contribution is 5.95. The molecule has 0 aromatic heterocycles. The van der Waals surface area contributed by atoms with Gasteiger partial charge in [-0.05, 0) is 24.5 Å². The van der Waals surface area contributed by atoms with E-state index in [2.05, 4.69) is 5.32 Å². The number of rotatable bonds is 5.